The summed E-state index contributed by atoms with van der Waals surface area (Å²) in [6.45, 7) is 12.9. The molecule has 0 spiro atoms. The summed E-state index contributed by atoms with van der Waals surface area (Å²) in [5.74, 6) is 2.55. The third-order valence-electron chi connectivity index (χ3n) is 5.58. The van der Waals surface area contributed by atoms with Crippen molar-refractivity contribution in [3.8, 4) is 0 Å². The lowest BCUT2D eigenvalue weighted by molar-refractivity contribution is 0.104. The second kappa shape index (κ2) is 8.91. The summed E-state index contributed by atoms with van der Waals surface area (Å²) in [6, 6.07) is 0. The molecule has 2 fully saturated rings. The maximum absolute atomic E-state index is 4.43. The summed E-state index contributed by atoms with van der Waals surface area (Å²) in [5, 5.41) is 7.16. The molecular weight excluding hydrogens is 284 g/mol. The highest BCUT2D eigenvalue weighted by Crippen LogP contribution is 2.45. The molecule has 0 aromatic rings. The second-order valence-electron chi connectivity index (χ2n) is 8.21. The zero-order chi connectivity index (χ0) is 16.7. The van der Waals surface area contributed by atoms with Crippen molar-refractivity contribution in [3.63, 3.8) is 0 Å². The standard InChI is InChI=1S/C19H38N4/c1-5-10-23-11-7-17(14-23)13-21-18(20-4)22-15-19(8-6-9-19)12-16(2)3/h16-17H,5-15H2,1-4H3,(H2,20,21,22). The zero-order valence-corrected chi connectivity index (χ0v) is 15.8. The highest BCUT2D eigenvalue weighted by Gasteiger charge is 2.37. The Morgan fingerprint density at radius 2 is 2.09 bits per heavy atom. The average Bonchev–Trinajstić information content (AvgIpc) is 2.92. The summed E-state index contributed by atoms with van der Waals surface area (Å²) in [7, 11) is 1.89. The van der Waals surface area contributed by atoms with Gasteiger partial charge in [-0.1, -0.05) is 27.2 Å². The second-order valence-corrected chi connectivity index (χ2v) is 8.21. The Balaban J connectivity index is 1.69. The molecule has 0 aromatic heterocycles. The smallest absolute Gasteiger partial charge is 0.191 e. The van der Waals surface area contributed by atoms with E-state index >= 15 is 0 Å². The van der Waals surface area contributed by atoms with E-state index in [4.69, 9.17) is 0 Å². The van der Waals surface area contributed by atoms with Gasteiger partial charge in [0.15, 0.2) is 5.96 Å². The predicted octanol–water partition coefficient (Wildman–Crippen LogP) is 3.10. The lowest BCUT2D eigenvalue weighted by Gasteiger charge is -2.43. The van der Waals surface area contributed by atoms with Crippen molar-refractivity contribution in [1.29, 1.82) is 0 Å². The number of hydrogen-bond donors (Lipinski definition) is 2. The van der Waals surface area contributed by atoms with Gasteiger partial charge in [0.2, 0.25) is 0 Å². The van der Waals surface area contributed by atoms with Crippen LogP contribution in [0.25, 0.3) is 0 Å². The molecule has 1 unspecified atom stereocenters. The lowest BCUT2D eigenvalue weighted by Crippen LogP contribution is -2.47. The Labute approximate surface area is 143 Å². The molecule has 2 rings (SSSR count). The molecule has 134 valence electrons. The predicted molar refractivity (Wildman–Crippen MR) is 99.9 cm³/mol. The summed E-state index contributed by atoms with van der Waals surface area (Å²) in [5.41, 5.74) is 0.525. The molecule has 23 heavy (non-hydrogen) atoms. The Morgan fingerprint density at radius 3 is 2.65 bits per heavy atom. The molecule has 0 aromatic carbocycles. The SMILES string of the molecule is CCCN1CCC(CNC(=NC)NCC2(CC(C)C)CCC2)C1. The molecule has 0 amide bonds. The highest BCUT2D eigenvalue weighted by atomic mass is 15.2. The van der Waals surface area contributed by atoms with Crippen LogP contribution in [0.15, 0.2) is 4.99 Å². The van der Waals surface area contributed by atoms with Crippen LogP contribution in [0.4, 0.5) is 0 Å². The average molecular weight is 323 g/mol. The van der Waals surface area contributed by atoms with E-state index in [-0.39, 0.29) is 0 Å². The van der Waals surface area contributed by atoms with Gasteiger partial charge in [-0.15, -0.1) is 0 Å². The molecule has 1 heterocycles. The fourth-order valence-electron chi connectivity index (χ4n) is 4.33. The summed E-state index contributed by atoms with van der Waals surface area (Å²) < 4.78 is 0. The first kappa shape index (κ1) is 18.6. The summed E-state index contributed by atoms with van der Waals surface area (Å²) >= 11 is 0. The van der Waals surface area contributed by atoms with Gasteiger partial charge in [-0.2, -0.15) is 0 Å². The number of aliphatic imine (C=N–C) groups is 1. The Bertz CT molecular complexity index is 374. The molecule has 4 heteroatoms. The fourth-order valence-corrected chi connectivity index (χ4v) is 4.33. The first-order valence-electron chi connectivity index (χ1n) is 9.74. The lowest BCUT2D eigenvalue weighted by atomic mass is 9.64. The Kier molecular flexibility index (Phi) is 7.19. The van der Waals surface area contributed by atoms with E-state index in [0.717, 1.165) is 30.9 Å². The van der Waals surface area contributed by atoms with E-state index in [1.807, 2.05) is 7.05 Å². The van der Waals surface area contributed by atoms with Crippen LogP contribution in [0.5, 0.6) is 0 Å². The number of nitrogens with zero attached hydrogens (tertiary/aromatic N) is 2. The van der Waals surface area contributed by atoms with E-state index < -0.39 is 0 Å². The summed E-state index contributed by atoms with van der Waals surface area (Å²) in [6.07, 6.45) is 8.08. The van der Waals surface area contributed by atoms with Gasteiger partial charge in [-0.25, -0.2) is 0 Å². The normalized spacial score (nSPS) is 24.7. The highest BCUT2D eigenvalue weighted by molar-refractivity contribution is 5.79. The van der Waals surface area contributed by atoms with Crippen LogP contribution in [0.2, 0.25) is 0 Å². The van der Waals surface area contributed by atoms with E-state index in [1.54, 1.807) is 0 Å². The monoisotopic (exact) mass is 322 g/mol. The third kappa shape index (κ3) is 5.66. The maximum atomic E-state index is 4.43. The Morgan fingerprint density at radius 1 is 1.30 bits per heavy atom. The number of hydrogen-bond acceptors (Lipinski definition) is 2. The van der Waals surface area contributed by atoms with E-state index in [2.05, 4.69) is 41.3 Å². The van der Waals surface area contributed by atoms with Gasteiger partial charge in [0.1, 0.15) is 0 Å². The van der Waals surface area contributed by atoms with Crippen molar-refractivity contribution in [3.05, 3.63) is 0 Å². The van der Waals surface area contributed by atoms with Gasteiger partial charge in [0.25, 0.3) is 0 Å². The first-order valence-corrected chi connectivity index (χ1v) is 9.74. The molecule has 4 nitrogen and oxygen atoms in total. The minimum Gasteiger partial charge on any atom is -0.356 e. The number of likely N-dealkylation sites (tertiary alicyclic amines) is 1. The number of rotatable bonds is 8. The molecule has 0 bridgehead atoms. The Hall–Kier alpha value is -0.770. The third-order valence-corrected chi connectivity index (χ3v) is 5.58. The van der Waals surface area contributed by atoms with Crippen molar-refractivity contribution >= 4 is 5.96 Å². The van der Waals surface area contributed by atoms with Crippen LogP contribution >= 0.6 is 0 Å². The molecule has 0 radical (unpaired) electrons. The number of nitrogens with one attached hydrogen (secondary N) is 2. The van der Waals surface area contributed by atoms with Gasteiger partial charge in [-0.3, -0.25) is 4.99 Å². The molecule has 1 aliphatic carbocycles. The van der Waals surface area contributed by atoms with Crippen LogP contribution in [0.3, 0.4) is 0 Å². The van der Waals surface area contributed by atoms with Crippen molar-refractivity contribution < 1.29 is 0 Å². The van der Waals surface area contributed by atoms with E-state index in [1.165, 1.54) is 58.2 Å². The van der Waals surface area contributed by atoms with Crippen LogP contribution in [-0.4, -0.2) is 50.6 Å². The quantitative estimate of drug-likeness (QED) is 0.533. The van der Waals surface area contributed by atoms with Crippen molar-refractivity contribution in [1.82, 2.24) is 15.5 Å². The molecule has 1 saturated carbocycles. The number of guanidine groups is 1. The minimum absolute atomic E-state index is 0.525. The summed E-state index contributed by atoms with van der Waals surface area (Å²) in [4.78, 5) is 7.02. The molecule has 1 atom stereocenters. The molecule has 2 N–H and O–H groups in total. The van der Waals surface area contributed by atoms with E-state index in [9.17, 15) is 0 Å². The van der Waals surface area contributed by atoms with Gasteiger partial charge in [0, 0.05) is 26.7 Å². The van der Waals surface area contributed by atoms with Crippen molar-refractivity contribution in [2.75, 3.05) is 39.8 Å². The van der Waals surface area contributed by atoms with Crippen LogP contribution in [-0.2, 0) is 0 Å². The van der Waals surface area contributed by atoms with Gasteiger partial charge < -0.3 is 15.5 Å². The zero-order valence-electron chi connectivity index (χ0n) is 15.8. The van der Waals surface area contributed by atoms with Crippen LogP contribution in [0.1, 0.15) is 59.3 Å². The van der Waals surface area contributed by atoms with Gasteiger partial charge in [0.05, 0.1) is 0 Å². The van der Waals surface area contributed by atoms with Gasteiger partial charge >= 0.3 is 0 Å². The van der Waals surface area contributed by atoms with Crippen molar-refractivity contribution in [2.24, 2.45) is 22.2 Å². The molecule has 2 aliphatic rings. The van der Waals surface area contributed by atoms with Crippen LogP contribution < -0.4 is 10.6 Å². The van der Waals surface area contributed by atoms with E-state index in [0.29, 0.717) is 5.41 Å². The minimum atomic E-state index is 0.525. The van der Waals surface area contributed by atoms with Crippen molar-refractivity contribution in [2.45, 2.75) is 59.3 Å². The van der Waals surface area contributed by atoms with Gasteiger partial charge in [-0.05, 0) is 62.4 Å². The largest absolute Gasteiger partial charge is 0.356 e. The topological polar surface area (TPSA) is 39.7 Å². The maximum Gasteiger partial charge on any atom is 0.191 e. The fraction of sp³-hybridized carbons (Fsp3) is 0.947. The molecule has 1 saturated heterocycles. The molecular formula is C19H38N4. The van der Waals surface area contributed by atoms with Crippen LogP contribution in [0, 0.1) is 17.3 Å². The first-order chi connectivity index (χ1) is 11.1. The molecule has 1 aliphatic heterocycles.